The van der Waals surface area contributed by atoms with Crippen LogP contribution in [0.3, 0.4) is 0 Å². The maximum atomic E-state index is 11.2. The summed E-state index contributed by atoms with van der Waals surface area (Å²) >= 11 is 0.896. The van der Waals surface area contributed by atoms with E-state index >= 15 is 0 Å². The molecule has 0 saturated carbocycles. The molecule has 2 aromatic rings. The second-order valence-electron chi connectivity index (χ2n) is 4.86. The first-order valence-electron chi connectivity index (χ1n) is 7.26. The summed E-state index contributed by atoms with van der Waals surface area (Å²) in [5.74, 6) is 0. The van der Waals surface area contributed by atoms with Crippen LogP contribution in [0.5, 0.6) is 0 Å². The predicted molar refractivity (Wildman–Crippen MR) is 85.2 cm³/mol. The zero-order valence-electron chi connectivity index (χ0n) is 13.1. The molecule has 0 aliphatic carbocycles. The van der Waals surface area contributed by atoms with Crippen LogP contribution in [0.2, 0.25) is 0 Å². The third-order valence-electron chi connectivity index (χ3n) is 3.39. The monoisotopic (exact) mass is 355 g/mol. The molecule has 0 amide bonds. The maximum absolute atomic E-state index is 11.2. The van der Waals surface area contributed by atoms with Crippen molar-refractivity contribution in [3.05, 3.63) is 24.3 Å². The number of carbonyl (C=O) groups is 2. The Kier molecular flexibility index (Phi) is 5.55. The molecule has 2 atom stereocenters. The molecule has 0 fully saturated rings. The zero-order chi connectivity index (χ0) is 17.7. The summed E-state index contributed by atoms with van der Waals surface area (Å²) in [6.07, 6.45) is -3.68. The van der Waals surface area contributed by atoms with E-state index in [0.717, 1.165) is 11.8 Å². The Morgan fingerprint density at radius 1 is 1.29 bits per heavy atom. The van der Waals surface area contributed by atoms with E-state index < -0.39 is 23.3 Å². The van der Waals surface area contributed by atoms with E-state index in [9.17, 15) is 9.59 Å². The van der Waals surface area contributed by atoms with Crippen molar-refractivity contribution in [3.8, 4) is 0 Å². The molecular weight excluding hydrogens is 338 g/mol. The zero-order valence-corrected chi connectivity index (χ0v) is 13.9. The summed E-state index contributed by atoms with van der Waals surface area (Å²) in [4.78, 5) is 24.9. The number of thioether (sulfide) groups is 1. The van der Waals surface area contributed by atoms with Gasteiger partial charge in [-0.2, -0.15) is 0 Å². The van der Waals surface area contributed by atoms with E-state index in [2.05, 4.69) is 4.98 Å². The van der Waals surface area contributed by atoms with Gasteiger partial charge in [0.2, 0.25) is 4.93 Å². The van der Waals surface area contributed by atoms with E-state index in [0.29, 0.717) is 11.1 Å². The molecule has 1 aromatic heterocycles. The highest BCUT2D eigenvalue weighted by molar-refractivity contribution is 8.00. The lowest BCUT2D eigenvalue weighted by atomic mass is 10.1. The topological polar surface area (TPSA) is 119 Å². The Morgan fingerprint density at radius 2 is 2.00 bits per heavy atom. The van der Waals surface area contributed by atoms with E-state index in [1.165, 1.54) is 0 Å². The highest BCUT2D eigenvalue weighted by Crippen LogP contribution is 2.42. The smallest absolute Gasteiger partial charge is 0.450 e. The minimum absolute atomic E-state index is 0.161. The Hall–Kier alpha value is -2.42. The number of oxazole rings is 1. The highest BCUT2D eigenvalue weighted by atomic mass is 32.2. The Balaban J connectivity index is 2.39. The van der Waals surface area contributed by atoms with Gasteiger partial charge in [0.05, 0.1) is 0 Å². The fourth-order valence-corrected chi connectivity index (χ4v) is 3.49. The van der Waals surface area contributed by atoms with Gasteiger partial charge in [-0.15, -0.1) is 0 Å². The number of carboxylic acid groups (broad SMARTS) is 2. The lowest BCUT2D eigenvalue weighted by molar-refractivity contribution is -0.0610. The molecule has 0 spiro atoms. The van der Waals surface area contributed by atoms with Crippen molar-refractivity contribution < 1.29 is 33.7 Å². The van der Waals surface area contributed by atoms with Crippen LogP contribution in [0.15, 0.2) is 33.9 Å². The number of benzene rings is 1. The molecule has 9 heteroatoms. The molecule has 0 bridgehead atoms. The van der Waals surface area contributed by atoms with Crippen molar-refractivity contribution in [1.82, 2.24) is 4.98 Å². The van der Waals surface area contributed by atoms with Crippen LogP contribution in [-0.2, 0) is 9.47 Å². The van der Waals surface area contributed by atoms with Crippen LogP contribution in [-0.4, -0.2) is 38.5 Å². The second-order valence-corrected chi connectivity index (χ2v) is 6.11. The van der Waals surface area contributed by atoms with Crippen molar-refractivity contribution in [2.45, 2.75) is 42.9 Å². The molecular formula is C15H17NO7S. The van der Waals surface area contributed by atoms with E-state index in [1.54, 1.807) is 38.1 Å². The molecule has 1 aromatic carbocycles. The standard InChI is InChI=1S/C15H17NO7S/c1-3-11(22-13(17)18)15(4-2,23-14(19)20)24-12-16-9-7-5-6-8-10(9)21-12/h5-8,11H,3-4H2,1-2H3,(H,17,18)(H,19,20). The van der Waals surface area contributed by atoms with Crippen molar-refractivity contribution >= 4 is 35.2 Å². The van der Waals surface area contributed by atoms with E-state index in [4.69, 9.17) is 24.1 Å². The average molecular weight is 355 g/mol. The van der Waals surface area contributed by atoms with Gasteiger partial charge in [-0.25, -0.2) is 14.6 Å². The Labute approximate surface area is 141 Å². The fourth-order valence-electron chi connectivity index (χ4n) is 2.32. The molecule has 2 unspecified atom stereocenters. The van der Waals surface area contributed by atoms with Crippen molar-refractivity contribution in [3.63, 3.8) is 0 Å². The Bertz CT molecular complexity index is 698. The molecule has 8 nitrogen and oxygen atoms in total. The number of nitrogens with zero attached hydrogens (tertiary/aromatic N) is 1. The molecule has 24 heavy (non-hydrogen) atoms. The van der Waals surface area contributed by atoms with Crippen LogP contribution in [0.4, 0.5) is 9.59 Å². The SMILES string of the molecule is CCC(OC(=O)O)C(CC)(OC(=O)O)Sc1nc2ccccc2o1. The molecule has 2 rings (SSSR count). The first-order valence-corrected chi connectivity index (χ1v) is 8.08. The number of ether oxygens (including phenoxy) is 2. The summed E-state index contributed by atoms with van der Waals surface area (Å²) in [6.45, 7) is 3.35. The third kappa shape index (κ3) is 3.91. The third-order valence-corrected chi connectivity index (χ3v) is 4.72. The lowest BCUT2D eigenvalue weighted by Crippen LogP contribution is -2.45. The van der Waals surface area contributed by atoms with E-state index in [-0.39, 0.29) is 18.1 Å². The van der Waals surface area contributed by atoms with Gasteiger partial charge in [0.25, 0.3) is 5.22 Å². The van der Waals surface area contributed by atoms with E-state index in [1.807, 2.05) is 0 Å². The van der Waals surface area contributed by atoms with Gasteiger partial charge in [-0.3, -0.25) is 0 Å². The summed E-state index contributed by atoms with van der Waals surface area (Å²) in [5.41, 5.74) is 1.14. The maximum Gasteiger partial charge on any atom is 0.507 e. The first-order chi connectivity index (χ1) is 11.4. The number of para-hydroxylation sites is 2. The second kappa shape index (κ2) is 7.43. The van der Waals surface area contributed by atoms with Gasteiger partial charge in [-0.05, 0) is 36.7 Å². The van der Waals surface area contributed by atoms with Gasteiger partial charge in [0, 0.05) is 0 Å². The van der Waals surface area contributed by atoms with Crippen molar-refractivity contribution in [1.29, 1.82) is 0 Å². The normalized spacial score (nSPS) is 14.8. The van der Waals surface area contributed by atoms with Gasteiger partial charge in [-0.1, -0.05) is 26.0 Å². The van der Waals surface area contributed by atoms with Crippen molar-refractivity contribution in [2.24, 2.45) is 0 Å². The predicted octanol–water partition coefficient (Wildman–Crippen LogP) is 4.19. The fraction of sp³-hybridized carbons (Fsp3) is 0.400. The van der Waals surface area contributed by atoms with Crippen molar-refractivity contribution in [2.75, 3.05) is 0 Å². The molecule has 0 aliphatic rings. The number of rotatable bonds is 7. The van der Waals surface area contributed by atoms with Crippen LogP contribution >= 0.6 is 11.8 Å². The summed E-state index contributed by atoms with van der Waals surface area (Å²) in [6, 6.07) is 7.05. The average Bonchev–Trinajstić information content (AvgIpc) is 2.93. The first kappa shape index (κ1) is 17.9. The number of aromatic nitrogens is 1. The minimum Gasteiger partial charge on any atom is -0.450 e. The number of hydrogen-bond acceptors (Lipinski definition) is 7. The summed E-state index contributed by atoms with van der Waals surface area (Å²) in [7, 11) is 0. The molecule has 0 aliphatic heterocycles. The van der Waals surface area contributed by atoms with Gasteiger partial charge >= 0.3 is 12.3 Å². The molecule has 0 radical (unpaired) electrons. The summed E-state index contributed by atoms with van der Waals surface area (Å²) in [5, 5.41) is 18.2. The van der Waals surface area contributed by atoms with Crippen LogP contribution < -0.4 is 0 Å². The number of fused-ring (bicyclic) bond motifs is 1. The van der Waals surface area contributed by atoms with Crippen LogP contribution in [0, 0.1) is 0 Å². The minimum atomic E-state index is -1.53. The Morgan fingerprint density at radius 3 is 2.54 bits per heavy atom. The van der Waals surface area contributed by atoms with Crippen LogP contribution in [0.25, 0.3) is 11.1 Å². The summed E-state index contributed by atoms with van der Waals surface area (Å²) < 4.78 is 15.5. The molecule has 0 saturated heterocycles. The van der Waals surface area contributed by atoms with Crippen LogP contribution in [0.1, 0.15) is 26.7 Å². The quantitative estimate of drug-likeness (QED) is 0.428. The molecule has 1 heterocycles. The largest absolute Gasteiger partial charge is 0.507 e. The van der Waals surface area contributed by atoms with Gasteiger partial charge in [0.15, 0.2) is 11.7 Å². The lowest BCUT2D eigenvalue weighted by Gasteiger charge is -2.34. The molecule has 130 valence electrons. The van der Waals surface area contributed by atoms with Gasteiger partial charge < -0.3 is 24.1 Å². The number of hydrogen-bond donors (Lipinski definition) is 2. The highest BCUT2D eigenvalue weighted by Gasteiger charge is 2.46. The molecule has 2 N–H and O–H groups in total. The van der Waals surface area contributed by atoms with Gasteiger partial charge in [0.1, 0.15) is 5.52 Å².